The lowest BCUT2D eigenvalue weighted by Gasteiger charge is -2.07. The summed E-state index contributed by atoms with van der Waals surface area (Å²) in [6, 6.07) is 10.1. The molecule has 1 aromatic heterocycles. The molecule has 4 N–H and O–H groups in total. The predicted molar refractivity (Wildman–Crippen MR) is 75.7 cm³/mol. The van der Waals surface area contributed by atoms with Gasteiger partial charge in [0.1, 0.15) is 17.9 Å². The van der Waals surface area contributed by atoms with Crippen molar-refractivity contribution in [1.82, 2.24) is 10.3 Å². The molecule has 6 heteroatoms. The Morgan fingerprint density at radius 1 is 1.30 bits per heavy atom. The topological polar surface area (TPSA) is 97.2 Å². The van der Waals surface area contributed by atoms with Gasteiger partial charge in [-0.15, -0.1) is 0 Å². The van der Waals surface area contributed by atoms with E-state index in [2.05, 4.69) is 10.3 Å². The van der Waals surface area contributed by atoms with E-state index in [1.807, 2.05) is 0 Å². The number of hydrogen-bond donors (Lipinski definition) is 3. The molecule has 0 spiro atoms. The maximum absolute atomic E-state index is 11.7. The Morgan fingerprint density at radius 3 is 2.90 bits per heavy atom. The zero-order valence-corrected chi connectivity index (χ0v) is 10.8. The predicted octanol–water partition coefficient (Wildman–Crippen LogP) is 0.766. The molecule has 104 valence electrons. The van der Waals surface area contributed by atoms with Crippen LogP contribution in [0.2, 0.25) is 0 Å². The minimum Gasteiger partial charge on any atom is -0.492 e. The van der Waals surface area contributed by atoms with E-state index in [9.17, 15) is 9.59 Å². The Morgan fingerprint density at radius 2 is 2.15 bits per heavy atom. The van der Waals surface area contributed by atoms with Crippen LogP contribution in [0.3, 0.4) is 0 Å². The van der Waals surface area contributed by atoms with Crippen molar-refractivity contribution < 1.29 is 9.53 Å². The molecule has 20 heavy (non-hydrogen) atoms. The van der Waals surface area contributed by atoms with E-state index in [1.54, 1.807) is 30.3 Å². The molecule has 1 heterocycles. The van der Waals surface area contributed by atoms with Crippen LogP contribution in [0.4, 0.5) is 5.69 Å². The van der Waals surface area contributed by atoms with Gasteiger partial charge in [0.15, 0.2) is 0 Å². The molecular formula is C14H15N3O3. The number of aromatic nitrogens is 1. The monoisotopic (exact) mass is 273 g/mol. The van der Waals surface area contributed by atoms with Gasteiger partial charge < -0.3 is 20.8 Å². The summed E-state index contributed by atoms with van der Waals surface area (Å²) < 4.78 is 5.42. The molecule has 0 atom stereocenters. The van der Waals surface area contributed by atoms with Gasteiger partial charge in [0.25, 0.3) is 11.5 Å². The number of rotatable bonds is 5. The Hall–Kier alpha value is -2.76. The molecule has 0 saturated carbocycles. The van der Waals surface area contributed by atoms with Gasteiger partial charge in [-0.2, -0.15) is 0 Å². The number of nitrogen functional groups attached to an aromatic ring is 1. The third-order valence-corrected chi connectivity index (χ3v) is 2.58. The number of carbonyl (C=O) groups is 1. The van der Waals surface area contributed by atoms with Crippen LogP contribution in [0.5, 0.6) is 5.75 Å². The van der Waals surface area contributed by atoms with Gasteiger partial charge in [-0.3, -0.25) is 9.59 Å². The van der Waals surface area contributed by atoms with Crippen molar-refractivity contribution in [3.05, 3.63) is 58.5 Å². The molecule has 0 radical (unpaired) electrons. The number of H-pyrrole nitrogens is 1. The third-order valence-electron chi connectivity index (χ3n) is 2.58. The van der Waals surface area contributed by atoms with Crippen LogP contribution in [0.1, 0.15) is 10.4 Å². The molecule has 1 amide bonds. The van der Waals surface area contributed by atoms with E-state index in [-0.39, 0.29) is 5.56 Å². The Balaban J connectivity index is 1.80. The molecule has 0 saturated heterocycles. The fraction of sp³-hybridized carbons (Fsp3) is 0.143. The first kappa shape index (κ1) is 13.7. The standard InChI is InChI=1S/C14H15N3O3/c15-10-3-1-4-11(9-10)20-8-7-17-14(19)12-5-2-6-16-13(12)18/h1-6,9H,7-8,15H2,(H,16,18)(H,17,19). The highest BCUT2D eigenvalue weighted by Crippen LogP contribution is 2.13. The van der Waals surface area contributed by atoms with Crippen LogP contribution >= 0.6 is 0 Å². The Kier molecular flexibility index (Phi) is 4.39. The second kappa shape index (κ2) is 6.42. The normalized spacial score (nSPS) is 10.0. The molecule has 2 rings (SSSR count). The average molecular weight is 273 g/mol. The van der Waals surface area contributed by atoms with Crippen molar-refractivity contribution in [3.8, 4) is 5.75 Å². The zero-order chi connectivity index (χ0) is 14.4. The van der Waals surface area contributed by atoms with E-state index in [0.717, 1.165) is 0 Å². The summed E-state index contributed by atoms with van der Waals surface area (Å²) >= 11 is 0. The fourth-order valence-corrected chi connectivity index (χ4v) is 1.63. The van der Waals surface area contributed by atoms with Gasteiger partial charge in [-0.05, 0) is 24.3 Å². The van der Waals surface area contributed by atoms with Crippen LogP contribution < -0.4 is 21.3 Å². The van der Waals surface area contributed by atoms with Gasteiger partial charge in [-0.25, -0.2) is 0 Å². The van der Waals surface area contributed by atoms with Crippen LogP contribution in [-0.4, -0.2) is 24.0 Å². The Labute approximate surface area is 115 Å². The van der Waals surface area contributed by atoms with Crippen molar-refractivity contribution in [2.75, 3.05) is 18.9 Å². The second-order valence-electron chi connectivity index (χ2n) is 4.09. The third kappa shape index (κ3) is 3.61. The summed E-state index contributed by atoms with van der Waals surface area (Å²) in [5.41, 5.74) is 5.89. The first-order valence-corrected chi connectivity index (χ1v) is 6.11. The maximum Gasteiger partial charge on any atom is 0.260 e. The largest absolute Gasteiger partial charge is 0.492 e. The molecule has 2 aromatic rings. The van der Waals surface area contributed by atoms with Crippen LogP contribution in [-0.2, 0) is 0 Å². The number of carbonyl (C=O) groups excluding carboxylic acids is 1. The summed E-state index contributed by atoms with van der Waals surface area (Å²) in [7, 11) is 0. The van der Waals surface area contributed by atoms with Gasteiger partial charge in [0.2, 0.25) is 0 Å². The van der Waals surface area contributed by atoms with Gasteiger partial charge in [0, 0.05) is 18.0 Å². The highest BCUT2D eigenvalue weighted by molar-refractivity contribution is 5.93. The van der Waals surface area contributed by atoms with E-state index in [0.29, 0.717) is 24.6 Å². The summed E-state index contributed by atoms with van der Waals surface area (Å²) in [5, 5.41) is 2.61. The number of amides is 1. The smallest absolute Gasteiger partial charge is 0.260 e. The van der Waals surface area contributed by atoms with Crippen LogP contribution in [0, 0.1) is 0 Å². The van der Waals surface area contributed by atoms with Gasteiger partial charge in [0.05, 0.1) is 6.54 Å². The lowest BCUT2D eigenvalue weighted by Crippen LogP contribution is -2.32. The molecule has 0 fully saturated rings. The van der Waals surface area contributed by atoms with Crippen LogP contribution in [0.25, 0.3) is 0 Å². The van der Waals surface area contributed by atoms with Crippen molar-refractivity contribution in [3.63, 3.8) is 0 Å². The average Bonchev–Trinajstić information content (AvgIpc) is 2.44. The van der Waals surface area contributed by atoms with E-state index >= 15 is 0 Å². The summed E-state index contributed by atoms with van der Waals surface area (Å²) in [5.74, 6) is 0.208. The van der Waals surface area contributed by atoms with Gasteiger partial charge in [-0.1, -0.05) is 6.07 Å². The lowest BCUT2D eigenvalue weighted by atomic mass is 10.2. The van der Waals surface area contributed by atoms with E-state index in [4.69, 9.17) is 10.5 Å². The maximum atomic E-state index is 11.7. The van der Waals surface area contributed by atoms with E-state index in [1.165, 1.54) is 12.3 Å². The molecule has 0 unspecified atom stereocenters. The molecule has 6 nitrogen and oxygen atoms in total. The number of hydrogen-bond acceptors (Lipinski definition) is 4. The number of nitrogens with two attached hydrogens (primary N) is 1. The lowest BCUT2D eigenvalue weighted by molar-refractivity contribution is 0.0945. The first-order valence-electron chi connectivity index (χ1n) is 6.11. The van der Waals surface area contributed by atoms with Gasteiger partial charge >= 0.3 is 0 Å². The van der Waals surface area contributed by atoms with Crippen molar-refractivity contribution in [2.24, 2.45) is 0 Å². The van der Waals surface area contributed by atoms with Crippen LogP contribution in [0.15, 0.2) is 47.4 Å². The second-order valence-corrected chi connectivity index (χ2v) is 4.09. The summed E-state index contributed by atoms with van der Waals surface area (Å²) in [4.78, 5) is 25.6. The fourth-order valence-electron chi connectivity index (χ4n) is 1.63. The Bertz CT molecular complexity index is 652. The molecule has 0 aliphatic heterocycles. The molecular weight excluding hydrogens is 258 g/mol. The SMILES string of the molecule is Nc1cccc(OCCNC(=O)c2ccc[nH]c2=O)c1. The number of nitrogens with one attached hydrogen (secondary N) is 2. The minimum atomic E-state index is -0.428. The highest BCUT2D eigenvalue weighted by atomic mass is 16.5. The highest BCUT2D eigenvalue weighted by Gasteiger charge is 2.08. The summed E-state index contributed by atoms with van der Waals surface area (Å²) in [6.45, 7) is 0.585. The molecule has 0 aliphatic carbocycles. The number of ether oxygens (including phenoxy) is 1. The molecule has 1 aromatic carbocycles. The van der Waals surface area contributed by atoms with Crippen molar-refractivity contribution >= 4 is 11.6 Å². The first-order chi connectivity index (χ1) is 9.66. The number of benzene rings is 1. The quantitative estimate of drug-likeness (QED) is 0.553. The number of aromatic amines is 1. The molecule has 0 bridgehead atoms. The van der Waals surface area contributed by atoms with Crippen molar-refractivity contribution in [1.29, 1.82) is 0 Å². The molecule has 0 aliphatic rings. The number of pyridine rings is 1. The minimum absolute atomic E-state index is 0.0801. The van der Waals surface area contributed by atoms with Crippen molar-refractivity contribution in [2.45, 2.75) is 0 Å². The number of anilines is 1. The summed E-state index contributed by atoms with van der Waals surface area (Å²) in [6.07, 6.45) is 1.47. The van der Waals surface area contributed by atoms with E-state index < -0.39 is 11.5 Å². The zero-order valence-electron chi connectivity index (χ0n) is 10.8.